The molecule has 0 saturated carbocycles. The highest BCUT2D eigenvalue weighted by molar-refractivity contribution is 7.99. The number of amides is 1. The fourth-order valence-corrected chi connectivity index (χ4v) is 3.06. The quantitative estimate of drug-likeness (QED) is 0.676. The lowest BCUT2D eigenvalue weighted by Gasteiger charge is -2.31. The standard InChI is InChI=1S/C12H15N3O4S/c1-13(12(16)17)4-5-14-6-7-20-11-8-9(15(18)19)2-3-10(11)14/h2-3,8H,4-7H2,1H3,(H,16,17). The molecular formula is C12H15N3O4S. The maximum Gasteiger partial charge on any atom is 0.407 e. The number of fused-ring (bicyclic) bond motifs is 1. The van der Waals surface area contributed by atoms with Gasteiger partial charge >= 0.3 is 6.09 Å². The molecule has 0 aromatic heterocycles. The van der Waals surface area contributed by atoms with Crippen molar-refractivity contribution >= 4 is 29.2 Å². The lowest BCUT2D eigenvalue weighted by Crippen LogP contribution is -2.38. The number of rotatable bonds is 4. The van der Waals surface area contributed by atoms with Crippen LogP contribution in [0.4, 0.5) is 16.2 Å². The van der Waals surface area contributed by atoms with Gasteiger partial charge in [0.15, 0.2) is 0 Å². The Balaban J connectivity index is 2.12. The number of benzene rings is 1. The van der Waals surface area contributed by atoms with Crippen LogP contribution in [0, 0.1) is 10.1 Å². The Hall–Kier alpha value is -1.96. The number of anilines is 1. The van der Waals surface area contributed by atoms with Gasteiger partial charge in [0.2, 0.25) is 0 Å². The number of nitro benzene ring substituents is 1. The van der Waals surface area contributed by atoms with Crippen molar-refractivity contribution in [1.29, 1.82) is 0 Å². The highest BCUT2D eigenvalue weighted by Gasteiger charge is 2.20. The summed E-state index contributed by atoms with van der Waals surface area (Å²) in [5.74, 6) is 0.838. The number of carboxylic acid groups (broad SMARTS) is 1. The molecule has 0 atom stereocenters. The van der Waals surface area contributed by atoms with Crippen molar-refractivity contribution in [1.82, 2.24) is 4.90 Å². The number of carbonyl (C=O) groups is 1. The molecule has 0 radical (unpaired) electrons. The van der Waals surface area contributed by atoms with Crippen LogP contribution < -0.4 is 4.90 Å². The third-order valence-electron chi connectivity index (χ3n) is 3.15. The Bertz CT molecular complexity index is 537. The summed E-state index contributed by atoms with van der Waals surface area (Å²) in [6, 6.07) is 4.80. The Morgan fingerprint density at radius 2 is 2.35 bits per heavy atom. The Morgan fingerprint density at radius 1 is 1.60 bits per heavy atom. The van der Waals surface area contributed by atoms with Gasteiger partial charge in [-0.3, -0.25) is 10.1 Å². The third kappa shape index (κ3) is 3.13. The molecule has 0 unspecified atom stereocenters. The maximum absolute atomic E-state index is 10.8. The number of nitrogens with zero attached hydrogens (tertiary/aromatic N) is 3. The minimum Gasteiger partial charge on any atom is -0.465 e. The molecule has 0 bridgehead atoms. The molecule has 8 heteroatoms. The van der Waals surface area contributed by atoms with E-state index in [2.05, 4.69) is 4.90 Å². The molecule has 0 fully saturated rings. The third-order valence-corrected chi connectivity index (χ3v) is 4.17. The first-order valence-electron chi connectivity index (χ1n) is 6.09. The predicted octanol–water partition coefficient (Wildman–Crippen LogP) is 2.12. The van der Waals surface area contributed by atoms with Crippen LogP contribution in [0.25, 0.3) is 0 Å². The molecule has 108 valence electrons. The Morgan fingerprint density at radius 3 is 3.00 bits per heavy atom. The van der Waals surface area contributed by atoms with Crippen molar-refractivity contribution in [2.75, 3.05) is 37.3 Å². The van der Waals surface area contributed by atoms with Gasteiger partial charge in [-0.25, -0.2) is 4.79 Å². The van der Waals surface area contributed by atoms with E-state index in [1.165, 1.54) is 18.0 Å². The molecule has 20 heavy (non-hydrogen) atoms. The van der Waals surface area contributed by atoms with E-state index < -0.39 is 11.0 Å². The van der Waals surface area contributed by atoms with E-state index in [1.807, 2.05) is 0 Å². The average molecular weight is 297 g/mol. The monoisotopic (exact) mass is 297 g/mol. The summed E-state index contributed by atoms with van der Waals surface area (Å²) in [4.78, 5) is 25.3. The van der Waals surface area contributed by atoms with Crippen molar-refractivity contribution in [3.05, 3.63) is 28.3 Å². The van der Waals surface area contributed by atoms with Crippen LogP contribution in [-0.4, -0.2) is 53.5 Å². The van der Waals surface area contributed by atoms with E-state index in [0.29, 0.717) is 13.1 Å². The van der Waals surface area contributed by atoms with Gasteiger partial charge in [0.05, 0.1) is 10.6 Å². The molecule has 2 rings (SSSR count). The van der Waals surface area contributed by atoms with E-state index in [0.717, 1.165) is 22.9 Å². The highest BCUT2D eigenvalue weighted by Crippen LogP contribution is 2.36. The van der Waals surface area contributed by atoms with Gasteiger partial charge < -0.3 is 14.9 Å². The first-order chi connectivity index (χ1) is 9.49. The van der Waals surface area contributed by atoms with Gasteiger partial charge in [-0.05, 0) is 6.07 Å². The summed E-state index contributed by atoms with van der Waals surface area (Å²) < 4.78 is 0. The molecule has 1 N–H and O–H groups in total. The van der Waals surface area contributed by atoms with Crippen LogP contribution >= 0.6 is 11.8 Å². The van der Waals surface area contributed by atoms with Crippen molar-refractivity contribution in [3.8, 4) is 0 Å². The molecule has 1 aromatic rings. The van der Waals surface area contributed by atoms with Gasteiger partial charge in [0, 0.05) is 49.5 Å². The minimum absolute atomic E-state index is 0.0840. The van der Waals surface area contributed by atoms with Crippen LogP contribution in [0.15, 0.2) is 23.1 Å². The average Bonchev–Trinajstić information content (AvgIpc) is 2.43. The van der Waals surface area contributed by atoms with Crippen LogP contribution in [-0.2, 0) is 0 Å². The summed E-state index contributed by atoms with van der Waals surface area (Å²) in [5, 5.41) is 19.6. The van der Waals surface area contributed by atoms with E-state index in [-0.39, 0.29) is 5.69 Å². The smallest absolute Gasteiger partial charge is 0.407 e. The zero-order chi connectivity index (χ0) is 14.7. The summed E-state index contributed by atoms with van der Waals surface area (Å²) in [5.41, 5.74) is 1.02. The second-order valence-electron chi connectivity index (χ2n) is 4.45. The second kappa shape index (κ2) is 6.00. The van der Waals surface area contributed by atoms with Crippen molar-refractivity contribution in [2.24, 2.45) is 0 Å². The van der Waals surface area contributed by atoms with Crippen molar-refractivity contribution in [3.63, 3.8) is 0 Å². The van der Waals surface area contributed by atoms with Gasteiger partial charge in [0.1, 0.15) is 0 Å². The lowest BCUT2D eigenvalue weighted by molar-refractivity contribution is -0.385. The van der Waals surface area contributed by atoms with Gasteiger partial charge in [-0.15, -0.1) is 11.8 Å². The first kappa shape index (κ1) is 14.4. The van der Waals surface area contributed by atoms with E-state index >= 15 is 0 Å². The fourth-order valence-electron chi connectivity index (χ4n) is 1.98. The Kier molecular flexibility index (Phi) is 4.33. The molecular weight excluding hydrogens is 282 g/mol. The summed E-state index contributed by atoms with van der Waals surface area (Å²) in [6.07, 6.45) is -0.958. The highest BCUT2D eigenvalue weighted by atomic mass is 32.2. The first-order valence-corrected chi connectivity index (χ1v) is 7.08. The van der Waals surface area contributed by atoms with Crippen LogP contribution in [0.1, 0.15) is 0 Å². The van der Waals surface area contributed by atoms with Gasteiger partial charge in [0.25, 0.3) is 5.69 Å². The molecule has 1 amide bonds. The molecule has 1 heterocycles. The molecule has 7 nitrogen and oxygen atoms in total. The number of thioether (sulfide) groups is 1. The van der Waals surface area contributed by atoms with E-state index in [9.17, 15) is 14.9 Å². The zero-order valence-electron chi connectivity index (χ0n) is 11.0. The SMILES string of the molecule is CN(CCN1CCSc2cc([N+](=O)[O-])ccc21)C(=O)O. The lowest BCUT2D eigenvalue weighted by atomic mass is 10.2. The fraction of sp³-hybridized carbons (Fsp3) is 0.417. The number of likely N-dealkylation sites (N-methyl/N-ethyl adjacent to an activating group) is 1. The molecule has 0 saturated heterocycles. The van der Waals surface area contributed by atoms with Crippen LogP contribution in [0.5, 0.6) is 0 Å². The molecule has 1 aliphatic heterocycles. The van der Waals surface area contributed by atoms with Gasteiger partial charge in [-0.2, -0.15) is 0 Å². The van der Waals surface area contributed by atoms with Crippen molar-refractivity contribution < 1.29 is 14.8 Å². The van der Waals surface area contributed by atoms with Crippen LogP contribution in [0.2, 0.25) is 0 Å². The minimum atomic E-state index is -0.958. The van der Waals surface area contributed by atoms with E-state index in [1.54, 1.807) is 23.9 Å². The summed E-state index contributed by atoms with van der Waals surface area (Å²) >= 11 is 1.59. The van der Waals surface area contributed by atoms with Gasteiger partial charge in [-0.1, -0.05) is 0 Å². The van der Waals surface area contributed by atoms with Crippen LogP contribution in [0.3, 0.4) is 0 Å². The summed E-state index contributed by atoms with van der Waals surface area (Å²) in [6.45, 7) is 1.79. The van der Waals surface area contributed by atoms with Crippen molar-refractivity contribution in [2.45, 2.75) is 4.90 Å². The Labute approximate surface area is 120 Å². The number of nitro groups is 1. The molecule has 0 aliphatic carbocycles. The molecule has 1 aliphatic rings. The summed E-state index contributed by atoms with van der Waals surface area (Å²) in [7, 11) is 1.53. The molecule has 0 spiro atoms. The topological polar surface area (TPSA) is 86.9 Å². The number of hydrogen-bond donors (Lipinski definition) is 1. The zero-order valence-corrected chi connectivity index (χ0v) is 11.8. The normalized spacial score (nSPS) is 13.8. The molecule has 1 aromatic carbocycles. The number of non-ortho nitro benzene ring substituents is 1. The second-order valence-corrected chi connectivity index (χ2v) is 5.59. The maximum atomic E-state index is 10.8. The number of hydrogen-bond acceptors (Lipinski definition) is 5. The van der Waals surface area contributed by atoms with E-state index in [4.69, 9.17) is 5.11 Å². The largest absolute Gasteiger partial charge is 0.465 e. The predicted molar refractivity (Wildman–Crippen MR) is 76.7 cm³/mol.